The Balaban J connectivity index is 1.19. The number of hydrogen-bond acceptors (Lipinski definition) is 7. The number of nitrogens with one attached hydrogen (secondary N) is 2. The highest BCUT2D eigenvalue weighted by atomic mass is 16.6. The average molecular weight is 601 g/mol. The Labute approximate surface area is 259 Å². The van der Waals surface area contributed by atoms with Crippen LogP contribution in [-0.4, -0.2) is 77.6 Å². The minimum atomic E-state index is -0.503. The molecule has 44 heavy (non-hydrogen) atoms. The van der Waals surface area contributed by atoms with Crippen LogP contribution in [0.5, 0.6) is 0 Å². The highest BCUT2D eigenvalue weighted by molar-refractivity contribution is 6.07. The first-order chi connectivity index (χ1) is 21.1. The van der Waals surface area contributed by atoms with Crippen LogP contribution in [0.25, 0.3) is 22.2 Å². The second-order valence-electron chi connectivity index (χ2n) is 12.9. The largest absolute Gasteiger partial charge is 0.444 e. The van der Waals surface area contributed by atoms with E-state index in [1.54, 1.807) is 6.92 Å². The lowest BCUT2D eigenvalue weighted by molar-refractivity contribution is -0.129. The van der Waals surface area contributed by atoms with E-state index >= 15 is 0 Å². The molecule has 2 aromatic heterocycles. The lowest BCUT2D eigenvalue weighted by atomic mass is 9.82. The number of rotatable bonds is 7. The normalized spacial score (nSPS) is 19.0. The van der Waals surface area contributed by atoms with Crippen molar-refractivity contribution in [1.82, 2.24) is 25.5 Å². The standard InChI is InChI=1S/C34H44N6O4/c1-23(41)39-15-17-40(18-16-39)31-14-13-26(22-35-31)30-19-28(27-7-5-6-8-29(27)38-30)32(42)36-20-24-9-11-25(12-10-24)21-37-33(43)44-34(2,3)4/h5-8,13-14,19,22,24-25H,9-12,15-18,20-21H2,1-4H3,(H,36,42)(H,37,43). The quantitative estimate of drug-likeness (QED) is 0.391. The highest BCUT2D eigenvalue weighted by Gasteiger charge is 2.24. The number of fused-ring (bicyclic) bond motifs is 1. The predicted octanol–water partition coefficient (Wildman–Crippen LogP) is 5.03. The number of benzene rings is 1. The molecule has 2 fully saturated rings. The van der Waals surface area contributed by atoms with Gasteiger partial charge in [0.1, 0.15) is 11.4 Å². The van der Waals surface area contributed by atoms with Crippen LogP contribution in [0.4, 0.5) is 10.6 Å². The van der Waals surface area contributed by atoms with E-state index in [0.717, 1.165) is 61.1 Å². The van der Waals surface area contributed by atoms with Crippen LogP contribution in [-0.2, 0) is 9.53 Å². The Kier molecular flexibility index (Phi) is 9.66. The number of anilines is 1. The van der Waals surface area contributed by atoms with Gasteiger partial charge in [0, 0.05) is 63.3 Å². The molecule has 0 unspecified atom stereocenters. The van der Waals surface area contributed by atoms with E-state index in [1.807, 2.05) is 74.3 Å². The summed E-state index contributed by atoms with van der Waals surface area (Å²) in [7, 11) is 0. The van der Waals surface area contributed by atoms with Crippen LogP contribution in [0.1, 0.15) is 63.7 Å². The number of piperazine rings is 1. The zero-order valence-corrected chi connectivity index (χ0v) is 26.3. The van der Waals surface area contributed by atoms with Crippen molar-refractivity contribution >= 4 is 34.6 Å². The number of ether oxygens (including phenoxy) is 1. The second kappa shape index (κ2) is 13.6. The van der Waals surface area contributed by atoms with Gasteiger partial charge >= 0.3 is 6.09 Å². The number of hydrogen-bond donors (Lipinski definition) is 2. The minimum Gasteiger partial charge on any atom is -0.444 e. The Hall–Kier alpha value is -4.21. The summed E-state index contributed by atoms with van der Waals surface area (Å²) >= 11 is 0. The molecule has 2 aliphatic rings. The average Bonchev–Trinajstić information content (AvgIpc) is 3.02. The van der Waals surface area contributed by atoms with Crippen molar-refractivity contribution in [1.29, 1.82) is 0 Å². The molecule has 0 bridgehead atoms. The Morgan fingerprint density at radius 2 is 1.57 bits per heavy atom. The Morgan fingerprint density at radius 1 is 0.909 bits per heavy atom. The molecule has 10 nitrogen and oxygen atoms in total. The third kappa shape index (κ3) is 8.03. The van der Waals surface area contributed by atoms with Crippen molar-refractivity contribution in [2.24, 2.45) is 11.8 Å². The number of amides is 3. The van der Waals surface area contributed by atoms with E-state index in [2.05, 4.69) is 15.5 Å². The zero-order chi connectivity index (χ0) is 31.3. The minimum absolute atomic E-state index is 0.104. The number of nitrogens with zero attached hydrogens (tertiary/aromatic N) is 4. The summed E-state index contributed by atoms with van der Waals surface area (Å²) in [5.74, 6) is 1.69. The van der Waals surface area contributed by atoms with E-state index in [9.17, 15) is 14.4 Å². The van der Waals surface area contributed by atoms with Gasteiger partial charge in [-0.1, -0.05) is 18.2 Å². The molecule has 1 aromatic carbocycles. The van der Waals surface area contributed by atoms with Gasteiger partial charge in [-0.15, -0.1) is 0 Å². The SMILES string of the molecule is CC(=O)N1CCN(c2ccc(-c3cc(C(=O)NCC4CCC(CNC(=O)OC(C)(C)C)CC4)c4ccccc4n3)cn2)CC1. The van der Waals surface area contributed by atoms with Gasteiger partial charge in [-0.2, -0.15) is 0 Å². The molecule has 1 aliphatic carbocycles. The van der Waals surface area contributed by atoms with E-state index in [4.69, 9.17) is 14.7 Å². The third-order valence-corrected chi connectivity index (χ3v) is 8.51. The van der Waals surface area contributed by atoms with Gasteiger partial charge in [-0.25, -0.2) is 14.8 Å². The highest BCUT2D eigenvalue weighted by Crippen LogP contribution is 2.29. The first-order valence-electron chi connectivity index (χ1n) is 15.7. The summed E-state index contributed by atoms with van der Waals surface area (Å²) in [5.41, 5.74) is 2.40. The molecule has 3 amide bonds. The van der Waals surface area contributed by atoms with Gasteiger partial charge in [-0.3, -0.25) is 9.59 Å². The fourth-order valence-corrected chi connectivity index (χ4v) is 6.00. The van der Waals surface area contributed by atoms with Gasteiger partial charge in [0.15, 0.2) is 0 Å². The molecule has 0 spiro atoms. The molecular formula is C34H44N6O4. The molecule has 10 heteroatoms. The van der Waals surface area contributed by atoms with Gasteiger partial charge in [0.2, 0.25) is 5.91 Å². The van der Waals surface area contributed by atoms with Crippen molar-refractivity contribution < 1.29 is 19.1 Å². The number of pyridine rings is 2. The van der Waals surface area contributed by atoms with Crippen molar-refractivity contribution in [3.8, 4) is 11.3 Å². The van der Waals surface area contributed by atoms with Crippen LogP contribution in [0.3, 0.4) is 0 Å². The van der Waals surface area contributed by atoms with Crippen molar-refractivity contribution in [3.63, 3.8) is 0 Å². The van der Waals surface area contributed by atoms with E-state index in [0.29, 0.717) is 49.3 Å². The lowest BCUT2D eigenvalue weighted by Crippen LogP contribution is -2.48. The summed E-state index contributed by atoms with van der Waals surface area (Å²) < 4.78 is 5.35. The smallest absolute Gasteiger partial charge is 0.407 e. The first kappa shape index (κ1) is 31.2. The number of aromatic nitrogens is 2. The number of para-hydroxylation sites is 1. The van der Waals surface area contributed by atoms with Gasteiger partial charge < -0.3 is 25.2 Å². The zero-order valence-electron chi connectivity index (χ0n) is 26.3. The monoisotopic (exact) mass is 600 g/mol. The molecule has 5 rings (SSSR count). The molecule has 1 saturated carbocycles. The Morgan fingerprint density at radius 3 is 2.18 bits per heavy atom. The summed E-state index contributed by atoms with van der Waals surface area (Å²) in [6.45, 7) is 11.3. The molecule has 2 N–H and O–H groups in total. The number of alkyl carbamates (subject to hydrolysis) is 1. The molecular weight excluding hydrogens is 556 g/mol. The third-order valence-electron chi connectivity index (χ3n) is 8.51. The molecule has 1 aliphatic heterocycles. The Bertz CT molecular complexity index is 1470. The summed E-state index contributed by atoms with van der Waals surface area (Å²) in [5, 5.41) is 6.90. The van der Waals surface area contributed by atoms with Crippen LogP contribution in [0.2, 0.25) is 0 Å². The van der Waals surface area contributed by atoms with E-state index in [-0.39, 0.29) is 17.9 Å². The topological polar surface area (TPSA) is 117 Å². The molecule has 0 radical (unpaired) electrons. The van der Waals surface area contributed by atoms with Gasteiger partial charge in [0.05, 0.1) is 16.8 Å². The van der Waals surface area contributed by atoms with Gasteiger partial charge in [0.25, 0.3) is 5.91 Å². The lowest BCUT2D eigenvalue weighted by Gasteiger charge is -2.34. The summed E-state index contributed by atoms with van der Waals surface area (Å²) in [6.07, 6.45) is 5.46. The summed E-state index contributed by atoms with van der Waals surface area (Å²) in [6, 6.07) is 13.6. The molecule has 234 valence electrons. The fraction of sp³-hybridized carbons (Fsp3) is 0.500. The van der Waals surface area contributed by atoms with Crippen molar-refractivity contribution in [2.45, 2.75) is 59.0 Å². The van der Waals surface area contributed by atoms with Crippen LogP contribution >= 0.6 is 0 Å². The number of carbonyl (C=O) groups excluding carboxylic acids is 3. The molecule has 1 saturated heterocycles. The second-order valence-corrected chi connectivity index (χ2v) is 12.9. The maximum atomic E-state index is 13.5. The van der Waals surface area contributed by atoms with E-state index < -0.39 is 5.60 Å². The molecule has 0 atom stereocenters. The van der Waals surface area contributed by atoms with Crippen molar-refractivity contribution in [2.75, 3.05) is 44.2 Å². The molecule has 3 heterocycles. The first-order valence-corrected chi connectivity index (χ1v) is 15.7. The van der Waals surface area contributed by atoms with Crippen LogP contribution < -0.4 is 15.5 Å². The van der Waals surface area contributed by atoms with Crippen molar-refractivity contribution in [3.05, 3.63) is 54.2 Å². The van der Waals surface area contributed by atoms with Crippen LogP contribution in [0, 0.1) is 11.8 Å². The van der Waals surface area contributed by atoms with E-state index in [1.165, 1.54) is 0 Å². The van der Waals surface area contributed by atoms with Gasteiger partial charge in [-0.05, 0) is 82.6 Å². The fourth-order valence-electron chi connectivity index (χ4n) is 6.00. The summed E-state index contributed by atoms with van der Waals surface area (Å²) in [4.78, 5) is 50.8. The predicted molar refractivity (Wildman–Crippen MR) is 171 cm³/mol. The maximum absolute atomic E-state index is 13.5. The number of carbonyl (C=O) groups is 3. The van der Waals surface area contributed by atoms with Crippen LogP contribution in [0.15, 0.2) is 48.7 Å². The molecule has 3 aromatic rings. The maximum Gasteiger partial charge on any atom is 0.407 e.